The predicted octanol–water partition coefficient (Wildman–Crippen LogP) is 2.36. The molecule has 0 atom stereocenters. The summed E-state index contributed by atoms with van der Waals surface area (Å²) in [6, 6.07) is 7.28. The zero-order valence-electron chi connectivity index (χ0n) is 10.6. The minimum atomic E-state index is -1.16. The van der Waals surface area contributed by atoms with Crippen molar-refractivity contribution in [1.29, 1.82) is 0 Å². The van der Waals surface area contributed by atoms with Gasteiger partial charge in [-0.25, -0.2) is 4.79 Å². The van der Waals surface area contributed by atoms with Crippen LogP contribution in [0.2, 0.25) is 0 Å². The summed E-state index contributed by atoms with van der Waals surface area (Å²) in [5.41, 5.74) is -1.16. The van der Waals surface area contributed by atoms with Gasteiger partial charge in [-0.2, -0.15) is 0 Å². The number of nitrogens with one attached hydrogen (secondary N) is 2. The van der Waals surface area contributed by atoms with Crippen molar-refractivity contribution in [3.8, 4) is 0 Å². The maximum Gasteiger partial charge on any atom is 0.314 e. The second kappa shape index (κ2) is 6.18. The third kappa shape index (κ3) is 3.15. The molecular weight excluding hydrogens is 280 g/mol. The Labute approximate surface area is 120 Å². The van der Waals surface area contributed by atoms with Gasteiger partial charge < -0.3 is 15.7 Å². The zero-order chi connectivity index (χ0) is 13.7. The Morgan fingerprint density at radius 3 is 2.21 bits per heavy atom. The molecule has 102 valence electrons. The Hall–Kier alpha value is -1.37. The van der Waals surface area contributed by atoms with Crippen molar-refractivity contribution < 1.29 is 9.90 Å². The van der Waals surface area contributed by atoms with E-state index in [-0.39, 0.29) is 12.6 Å². The van der Waals surface area contributed by atoms with Crippen LogP contribution < -0.4 is 10.6 Å². The molecule has 0 aromatic carbocycles. The molecule has 2 amide bonds. The number of aliphatic hydroxyl groups is 1. The van der Waals surface area contributed by atoms with Gasteiger partial charge in [0.05, 0.1) is 6.54 Å². The van der Waals surface area contributed by atoms with Crippen LogP contribution in [0.25, 0.3) is 0 Å². The zero-order valence-corrected chi connectivity index (χ0v) is 12.2. The van der Waals surface area contributed by atoms with Crippen molar-refractivity contribution in [3.63, 3.8) is 0 Å². The first-order valence-electron chi connectivity index (χ1n) is 5.99. The first-order chi connectivity index (χ1) is 9.16. The lowest BCUT2D eigenvalue weighted by molar-refractivity contribution is 0.0897. The number of hydrogen-bond donors (Lipinski definition) is 3. The van der Waals surface area contributed by atoms with E-state index in [1.54, 1.807) is 0 Å². The second-order valence-electron chi connectivity index (χ2n) is 4.03. The Morgan fingerprint density at radius 2 is 1.79 bits per heavy atom. The lowest BCUT2D eigenvalue weighted by Crippen LogP contribution is -2.44. The van der Waals surface area contributed by atoms with E-state index in [1.165, 1.54) is 22.7 Å². The molecule has 0 unspecified atom stereocenters. The van der Waals surface area contributed by atoms with Crippen molar-refractivity contribution in [2.75, 3.05) is 13.1 Å². The van der Waals surface area contributed by atoms with Gasteiger partial charge >= 0.3 is 6.03 Å². The van der Waals surface area contributed by atoms with Crippen LogP contribution >= 0.6 is 22.7 Å². The molecule has 6 heteroatoms. The van der Waals surface area contributed by atoms with Crippen LogP contribution in [-0.2, 0) is 5.60 Å². The van der Waals surface area contributed by atoms with E-state index in [1.807, 2.05) is 41.9 Å². The topological polar surface area (TPSA) is 61.4 Å². The largest absolute Gasteiger partial charge is 0.377 e. The monoisotopic (exact) mass is 296 g/mol. The molecule has 0 aliphatic carbocycles. The maximum absolute atomic E-state index is 11.5. The normalized spacial score (nSPS) is 11.3. The highest BCUT2D eigenvalue weighted by molar-refractivity contribution is 7.11. The van der Waals surface area contributed by atoms with Gasteiger partial charge in [-0.3, -0.25) is 0 Å². The Morgan fingerprint density at radius 1 is 1.21 bits per heavy atom. The van der Waals surface area contributed by atoms with E-state index < -0.39 is 5.60 Å². The molecule has 2 heterocycles. The number of carbonyl (C=O) groups is 1. The molecule has 2 aromatic rings. The highest BCUT2D eigenvalue weighted by Gasteiger charge is 2.34. The van der Waals surface area contributed by atoms with Gasteiger partial charge in [0.25, 0.3) is 0 Å². The van der Waals surface area contributed by atoms with Crippen LogP contribution in [0, 0.1) is 0 Å². The molecular formula is C13H16N2O2S2. The minimum Gasteiger partial charge on any atom is -0.377 e. The van der Waals surface area contributed by atoms with Crippen molar-refractivity contribution in [2.24, 2.45) is 0 Å². The molecule has 0 spiro atoms. The third-order valence-corrected chi connectivity index (χ3v) is 4.74. The molecule has 0 saturated heterocycles. The molecule has 2 rings (SSSR count). The highest BCUT2D eigenvalue weighted by atomic mass is 32.1. The third-order valence-electron chi connectivity index (χ3n) is 2.70. The molecule has 0 aliphatic heterocycles. The number of thiophene rings is 2. The molecule has 0 aliphatic rings. The predicted molar refractivity (Wildman–Crippen MR) is 78.7 cm³/mol. The van der Waals surface area contributed by atoms with E-state index in [0.29, 0.717) is 6.54 Å². The van der Waals surface area contributed by atoms with E-state index in [0.717, 1.165) is 9.75 Å². The lowest BCUT2D eigenvalue weighted by Gasteiger charge is -2.26. The fourth-order valence-corrected chi connectivity index (χ4v) is 3.50. The summed E-state index contributed by atoms with van der Waals surface area (Å²) in [6.07, 6.45) is 0. The van der Waals surface area contributed by atoms with Crippen LogP contribution in [0.4, 0.5) is 4.79 Å². The van der Waals surface area contributed by atoms with E-state index in [9.17, 15) is 9.90 Å². The van der Waals surface area contributed by atoms with Gasteiger partial charge in [0.1, 0.15) is 0 Å². The van der Waals surface area contributed by atoms with Gasteiger partial charge in [-0.05, 0) is 29.8 Å². The van der Waals surface area contributed by atoms with Gasteiger partial charge in [-0.1, -0.05) is 12.1 Å². The summed E-state index contributed by atoms with van der Waals surface area (Å²) in [7, 11) is 0. The van der Waals surface area contributed by atoms with E-state index in [4.69, 9.17) is 0 Å². The molecule has 2 aromatic heterocycles. The number of carbonyl (C=O) groups excluding carboxylic acids is 1. The van der Waals surface area contributed by atoms with Gasteiger partial charge in [0.15, 0.2) is 5.60 Å². The first-order valence-corrected chi connectivity index (χ1v) is 7.75. The Kier molecular flexibility index (Phi) is 4.57. The fourth-order valence-electron chi connectivity index (χ4n) is 1.75. The summed E-state index contributed by atoms with van der Waals surface area (Å²) in [6.45, 7) is 2.56. The Bertz CT molecular complexity index is 475. The van der Waals surface area contributed by atoms with Gasteiger partial charge in [-0.15, -0.1) is 22.7 Å². The highest BCUT2D eigenvalue weighted by Crippen LogP contribution is 2.34. The fraction of sp³-hybridized carbons (Fsp3) is 0.308. The van der Waals surface area contributed by atoms with Crippen molar-refractivity contribution in [2.45, 2.75) is 12.5 Å². The molecule has 0 radical (unpaired) electrons. The average Bonchev–Trinajstić information content (AvgIpc) is 3.08. The summed E-state index contributed by atoms with van der Waals surface area (Å²) in [4.78, 5) is 13.2. The van der Waals surface area contributed by atoms with E-state index in [2.05, 4.69) is 10.6 Å². The van der Waals surface area contributed by atoms with Crippen LogP contribution in [0.15, 0.2) is 35.0 Å². The molecule has 19 heavy (non-hydrogen) atoms. The summed E-state index contributed by atoms with van der Waals surface area (Å²) < 4.78 is 0. The molecule has 0 saturated carbocycles. The van der Waals surface area contributed by atoms with Crippen molar-refractivity contribution in [1.82, 2.24) is 10.6 Å². The lowest BCUT2D eigenvalue weighted by atomic mass is 10.00. The number of rotatable bonds is 5. The SMILES string of the molecule is CCNC(=O)NCC(O)(c1cccs1)c1cccs1. The van der Waals surface area contributed by atoms with Crippen molar-refractivity contribution >= 4 is 28.7 Å². The van der Waals surface area contributed by atoms with Crippen LogP contribution in [-0.4, -0.2) is 24.2 Å². The summed E-state index contributed by atoms with van der Waals surface area (Å²) in [5.74, 6) is 0. The molecule has 4 nitrogen and oxygen atoms in total. The average molecular weight is 296 g/mol. The minimum absolute atomic E-state index is 0.153. The Balaban J connectivity index is 2.19. The number of hydrogen-bond acceptors (Lipinski definition) is 4. The maximum atomic E-state index is 11.5. The number of amides is 2. The second-order valence-corrected chi connectivity index (χ2v) is 5.92. The molecule has 0 fully saturated rings. The van der Waals surface area contributed by atoms with Crippen LogP contribution in [0.3, 0.4) is 0 Å². The van der Waals surface area contributed by atoms with Gasteiger partial charge in [0.2, 0.25) is 0 Å². The first kappa shape index (κ1) is 14.0. The summed E-state index contributed by atoms with van der Waals surface area (Å²) >= 11 is 2.96. The van der Waals surface area contributed by atoms with E-state index >= 15 is 0 Å². The smallest absolute Gasteiger partial charge is 0.314 e. The summed E-state index contributed by atoms with van der Waals surface area (Å²) in [5, 5.41) is 20.1. The quantitative estimate of drug-likeness (QED) is 0.793. The number of urea groups is 1. The standard InChI is InChI=1S/C13H16N2O2S2/c1-2-14-12(16)15-9-13(17,10-5-3-7-18-10)11-6-4-8-19-11/h3-8,17H,2,9H2,1H3,(H2,14,15,16). The van der Waals surface area contributed by atoms with Gasteiger partial charge in [0, 0.05) is 16.3 Å². The molecule has 0 bridgehead atoms. The van der Waals surface area contributed by atoms with Crippen LogP contribution in [0.1, 0.15) is 16.7 Å². The molecule has 3 N–H and O–H groups in total. The van der Waals surface area contributed by atoms with Crippen LogP contribution in [0.5, 0.6) is 0 Å². The van der Waals surface area contributed by atoms with Crippen molar-refractivity contribution in [3.05, 3.63) is 44.8 Å².